The molecular formula is C29H26BrFN6O2. The number of carbonyl (C=O) groups is 2. The van der Waals surface area contributed by atoms with Crippen molar-refractivity contribution in [3.05, 3.63) is 100 Å². The first-order chi connectivity index (χ1) is 18.7. The Hall–Kier alpha value is -4.44. The summed E-state index contributed by atoms with van der Waals surface area (Å²) >= 11 is 3.32. The minimum Gasteiger partial charge on any atom is -0.356 e. The fourth-order valence-corrected chi connectivity index (χ4v) is 4.67. The van der Waals surface area contributed by atoms with Crippen molar-refractivity contribution in [2.75, 3.05) is 17.7 Å². The zero-order chi connectivity index (χ0) is 27.7. The van der Waals surface area contributed by atoms with Gasteiger partial charge in [0.1, 0.15) is 17.3 Å². The van der Waals surface area contributed by atoms with Crippen molar-refractivity contribution in [2.45, 2.75) is 13.5 Å². The highest BCUT2D eigenvalue weighted by Gasteiger charge is 2.15. The van der Waals surface area contributed by atoms with Crippen molar-refractivity contribution >= 4 is 50.3 Å². The largest absolute Gasteiger partial charge is 0.356 e. The van der Waals surface area contributed by atoms with Gasteiger partial charge in [0, 0.05) is 54.3 Å². The number of hydrogen-bond acceptors (Lipinski definition) is 3. The maximum absolute atomic E-state index is 13.7. The molecule has 0 fully saturated rings. The molecule has 2 aromatic heterocycles. The molecule has 3 amide bonds. The number of hydrogen-bond donors (Lipinski definition) is 3. The molecule has 0 aliphatic rings. The van der Waals surface area contributed by atoms with Crippen LogP contribution in [-0.2, 0) is 13.6 Å². The number of carbonyl (C=O) groups excluding carboxylic acids is 2. The molecule has 0 atom stereocenters. The molecule has 10 heteroatoms. The summed E-state index contributed by atoms with van der Waals surface area (Å²) in [5.74, 6) is 0.0730. The van der Waals surface area contributed by atoms with Gasteiger partial charge in [-0.15, -0.1) is 0 Å². The fourth-order valence-electron chi connectivity index (χ4n) is 4.33. The van der Waals surface area contributed by atoms with E-state index < -0.39 is 0 Å². The van der Waals surface area contributed by atoms with Crippen LogP contribution in [-0.4, -0.2) is 38.4 Å². The smallest absolute Gasteiger partial charge is 0.321 e. The average molecular weight is 589 g/mol. The lowest BCUT2D eigenvalue weighted by molar-refractivity contribution is 0.102. The van der Waals surface area contributed by atoms with Crippen LogP contribution in [0.1, 0.15) is 21.6 Å². The van der Waals surface area contributed by atoms with Crippen LogP contribution in [0.15, 0.2) is 77.4 Å². The molecule has 3 aromatic carbocycles. The molecular weight excluding hydrogens is 563 g/mol. The van der Waals surface area contributed by atoms with Gasteiger partial charge in [0.2, 0.25) is 0 Å². The number of nitrogens with one attached hydrogen (secondary N) is 3. The van der Waals surface area contributed by atoms with E-state index in [-0.39, 0.29) is 17.8 Å². The van der Waals surface area contributed by atoms with Crippen LogP contribution in [0.4, 0.5) is 20.6 Å². The molecule has 0 radical (unpaired) electrons. The Balaban J connectivity index is 1.28. The lowest BCUT2D eigenvalue weighted by Crippen LogP contribution is -2.31. The van der Waals surface area contributed by atoms with E-state index in [0.717, 1.165) is 26.7 Å². The number of H-pyrrole nitrogens is 1. The van der Waals surface area contributed by atoms with Crippen LogP contribution in [0.25, 0.3) is 22.4 Å². The number of aromatic amines is 1. The summed E-state index contributed by atoms with van der Waals surface area (Å²) in [6.07, 6.45) is 1.69. The number of urea groups is 1. The third-order valence-corrected chi connectivity index (χ3v) is 6.88. The first-order valence-corrected chi connectivity index (χ1v) is 13.0. The number of aromatic nitrogens is 3. The van der Waals surface area contributed by atoms with Gasteiger partial charge in [-0.3, -0.25) is 4.79 Å². The maximum Gasteiger partial charge on any atom is 0.321 e. The van der Waals surface area contributed by atoms with Crippen LogP contribution in [0.5, 0.6) is 0 Å². The minimum absolute atomic E-state index is 0.259. The van der Waals surface area contributed by atoms with Crippen molar-refractivity contribution in [1.29, 1.82) is 0 Å². The topological polar surface area (TPSA) is 95.1 Å². The molecule has 0 spiro atoms. The highest BCUT2D eigenvalue weighted by Crippen LogP contribution is 2.28. The van der Waals surface area contributed by atoms with E-state index in [1.54, 1.807) is 36.3 Å². The highest BCUT2D eigenvalue weighted by molar-refractivity contribution is 9.10. The monoisotopic (exact) mass is 588 g/mol. The van der Waals surface area contributed by atoms with E-state index >= 15 is 0 Å². The van der Waals surface area contributed by atoms with E-state index in [0.29, 0.717) is 35.0 Å². The SMILES string of the molecule is Cc1ccc(-c2nc3cc(F)ccc3n2C)cc1NC(=O)N(C)Cc1cccc(NC(=O)c2cc(Br)c[nH]2)c1. The van der Waals surface area contributed by atoms with E-state index in [2.05, 4.69) is 36.5 Å². The van der Waals surface area contributed by atoms with Crippen molar-refractivity contribution < 1.29 is 14.0 Å². The Morgan fingerprint density at radius 3 is 2.67 bits per heavy atom. The van der Waals surface area contributed by atoms with E-state index in [9.17, 15) is 14.0 Å². The molecule has 0 aliphatic carbocycles. The number of rotatable bonds is 6. The third kappa shape index (κ3) is 5.70. The summed E-state index contributed by atoms with van der Waals surface area (Å²) in [6, 6.07) is 19.0. The van der Waals surface area contributed by atoms with E-state index in [1.165, 1.54) is 12.1 Å². The zero-order valence-corrected chi connectivity index (χ0v) is 23.1. The predicted octanol–water partition coefficient (Wildman–Crippen LogP) is 6.69. The first kappa shape index (κ1) is 26.2. The number of anilines is 2. The van der Waals surface area contributed by atoms with Crippen LogP contribution in [0.2, 0.25) is 0 Å². The second-order valence-electron chi connectivity index (χ2n) is 9.33. The van der Waals surface area contributed by atoms with Gasteiger partial charge in [-0.1, -0.05) is 24.3 Å². The summed E-state index contributed by atoms with van der Waals surface area (Å²) in [5.41, 5.74) is 5.65. The summed E-state index contributed by atoms with van der Waals surface area (Å²) in [6.45, 7) is 2.25. The number of fused-ring (bicyclic) bond motifs is 1. The minimum atomic E-state index is -0.339. The summed E-state index contributed by atoms with van der Waals surface area (Å²) in [4.78, 5) is 34.6. The van der Waals surface area contributed by atoms with Gasteiger partial charge in [0.05, 0.1) is 11.0 Å². The van der Waals surface area contributed by atoms with Crippen LogP contribution in [0.3, 0.4) is 0 Å². The Labute approximate surface area is 233 Å². The second kappa shape index (κ2) is 10.7. The van der Waals surface area contributed by atoms with Gasteiger partial charge in [-0.2, -0.15) is 0 Å². The van der Waals surface area contributed by atoms with Crippen LogP contribution >= 0.6 is 15.9 Å². The molecule has 198 valence electrons. The summed E-state index contributed by atoms with van der Waals surface area (Å²) in [5, 5.41) is 5.85. The molecule has 5 aromatic rings. The van der Waals surface area contributed by atoms with Gasteiger partial charge in [0.25, 0.3) is 5.91 Å². The van der Waals surface area contributed by atoms with Crippen molar-refractivity contribution in [2.24, 2.45) is 7.05 Å². The summed E-state index contributed by atoms with van der Waals surface area (Å²) < 4.78 is 16.4. The average Bonchev–Trinajstić information content (AvgIpc) is 3.48. The molecule has 0 bridgehead atoms. The highest BCUT2D eigenvalue weighted by atomic mass is 79.9. The van der Waals surface area contributed by atoms with Crippen molar-refractivity contribution in [1.82, 2.24) is 19.4 Å². The predicted molar refractivity (Wildman–Crippen MR) is 154 cm³/mol. The second-order valence-corrected chi connectivity index (χ2v) is 10.2. The standard InChI is InChI=1S/C29H26BrFN6O2/c1-17-7-8-19(27-34-24-14-21(31)9-10-26(24)37(27)3)12-23(17)35-29(39)36(2)16-18-5-4-6-22(11-18)33-28(38)25-13-20(30)15-32-25/h4-15,32H,16H2,1-3H3,(H,33,38)(H,35,39). The lowest BCUT2D eigenvalue weighted by Gasteiger charge is -2.20. The molecule has 5 rings (SSSR count). The molecule has 0 saturated carbocycles. The van der Waals surface area contributed by atoms with E-state index in [4.69, 9.17) is 0 Å². The Bertz CT molecular complexity index is 1710. The van der Waals surface area contributed by atoms with Crippen LogP contribution in [0, 0.1) is 12.7 Å². The third-order valence-electron chi connectivity index (χ3n) is 6.42. The number of nitrogens with zero attached hydrogens (tertiary/aromatic N) is 3. The number of imidazole rings is 1. The number of benzene rings is 3. The van der Waals surface area contributed by atoms with Gasteiger partial charge < -0.3 is 25.1 Å². The molecule has 2 heterocycles. The van der Waals surface area contributed by atoms with Crippen molar-refractivity contribution in [3.8, 4) is 11.4 Å². The Morgan fingerprint density at radius 2 is 1.90 bits per heavy atom. The number of halogens is 2. The molecule has 8 nitrogen and oxygen atoms in total. The zero-order valence-electron chi connectivity index (χ0n) is 21.5. The molecule has 3 N–H and O–H groups in total. The Morgan fingerprint density at radius 1 is 1.08 bits per heavy atom. The number of aryl methyl sites for hydroxylation is 2. The Kier molecular flexibility index (Phi) is 7.21. The van der Waals surface area contributed by atoms with Gasteiger partial charge in [0.15, 0.2) is 0 Å². The van der Waals surface area contributed by atoms with Gasteiger partial charge >= 0.3 is 6.03 Å². The van der Waals surface area contributed by atoms with Gasteiger partial charge in [-0.25, -0.2) is 14.2 Å². The molecule has 39 heavy (non-hydrogen) atoms. The lowest BCUT2D eigenvalue weighted by atomic mass is 10.1. The molecule has 0 aliphatic heterocycles. The quantitative estimate of drug-likeness (QED) is 0.206. The summed E-state index contributed by atoms with van der Waals surface area (Å²) in [7, 11) is 3.58. The van der Waals surface area contributed by atoms with Gasteiger partial charge in [-0.05, 0) is 70.4 Å². The normalized spacial score (nSPS) is 11.0. The van der Waals surface area contributed by atoms with Crippen molar-refractivity contribution in [3.63, 3.8) is 0 Å². The fraction of sp³-hybridized carbons (Fsp3) is 0.138. The van der Waals surface area contributed by atoms with Crippen LogP contribution < -0.4 is 10.6 Å². The first-order valence-electron chi connectivity index (χ1n) is 12.2. The maximum atomic E-state index is 13.7. The molecule has 0 saturated heterocycles. The number of amides is 3. The molecule has 0 unspecified atom stereocenters. The van der Waals surface area contributed by atoms with E-state index in [1.807, 2.05) is 54.9 Å².